The van der Waals surface area contributed by atoms with Gasteiger partial charge in [-0.3, -0.25) is 0 Å². The van der Waals surface area contributed by atoms with Crippen LogP contribution >= 0.6 is 0 Å². The van der Waals surface area contributed by atoms with Crippen LogP contribution in [0, 0.1) is 0 Å². The summed E-state index contributed by atoms with van der Waals surface area (Å²) in [6.45, 7) is 1.88. The summed E-state index contributed by atoms with van der Waals surface area (Å²) in [5, 5.41) is 3.52. The van der Waals surface area contributed by atoms with E-state index in [1.807, 2.05) is 24.7 Å². The second-order valence-electron chi connectivity index (χ2n) is 5.28. The van der Waals surface area contributed by atoms with Gasteiger partial charge in [-0.05, 0) is 37.1 Å². The number of benzene rings is 1. The molecule has 5 heteroatoms. The van der Waals surface area contributed by atoms with Crippen LogP contribution < -0.4 is 14.8 Å². The first-order valence-corrected chi connectivity index (χ1v) is 7.26. The summed E-state index contributed by atoms with van der Waals surface area (Å²) < 4.78 is 12.8. The topological polar surface area (TPSA) is 48.3 Å². The zero-order chi connectivity index (χ0) is 14.7. The Kier molecular flexibility index (Phi) is 4.10. The van der Waals surface area contributed by atoms with Crippen LogP contribution in [0.15, 0.2) is 30.7 Å². The maximum absolute atomic E-state index is 5.36. The zero-order valence-corrected chi connectivity index (χ0v) is 12.5. The molecule has 1 unspecified atom stereocenters. The van der Waals surface area contributed by atoms with Crippen molar-refractivity contribution >= 4 is 0 Å². The lowest BCUT2D eigenvalue weighted by molar-refractivity contribution is 0.354. The maximum atomic E-state index is 5.36. The highest BCUT2D eigenvalue weighted by Gasteiger charge is 2.19. The Morgan fingerprint density at radius 3 is 2.86 bits per heavy atom. The molecule has 112 valence electrons. The molecule has 21 heavy (non-hydrogen) atoms. The van der Waals surface area contributed by atoms with Gasteiger partial charge < -0.3 is 19.4 Å². The molecule has 0 bridgehead atoms. The number of methoxy groups -OCH3 is 2. The minimum absolute atomic E-state index is 0.424. The lowest BCUT2D eigenvalue weighted by Gasteiger charge is -2.15. The molecule has 1 aromatic carbocycles. The van der Waals surface area contributed by atoms with Gasteiger partial charge in [-0.25, -0.2) is 4.98 Å². The van der Waals surface area contributed by atoms with E-state index in [0.29, 0.717) is 6.04 Å². The van der Waals surface area contributed by atoms with Gasteiger partial charge in [0, 0.05) is 18.8 Å². The Morgan fingerprint density at radius 1 is 1.29 bits per heavy atom. The number of aromatic nitrogens is 2. The third-order valence-electron chi connectivity index (χ3n) is 3.96. The first-order chi connectivity index (χ1) is 10.3. The summed E-state index contributed by atoms with van der Waals surface area (Å²) >= 11 is 0. The van der Waals surface area contributed by atoms with E-state index >= 15 is 0 Å². The van der Waals surface area contributed by atoms with Gasteiger partial charge in [0.1, 0.15) is 0 Å². The van der Waals surface area contributed by atoms with Crippen molar-refractivity contribution in [3.63, 3.8) is 0 Å². The van der Waals surface area contributed by atoms with E-state index in [4.69, 9.17) is 9.47 Å². The van der Waals surface area contributed by atoms with Crippen LogP contribution in [0.3, 0.4) is 0 Å². The van der Waals surface area contributed by atoms with Gasteiger partial charge in [0.2, 0.25) is 0 Å². The van der Waals surface area contributed by atoms with Crippen molar-refractivity contribution in [1.29, 1.82) is 0 Å². The fourth-order valence-corrected chi connectivity index (χ4v) is 2.87. The predicted octanol–water partition coefficient (Wildman–Crippen LogP) is 2.37. The molecule has 0 amide bonds. The molecule has 0 radical (unpaired) electrons. The molecular formula is C16H21N3O2. The minimum atomic E-state index is 0.424. The highest BCUT2D eigenvalue weighted by molar-refractivity contribution is 5.43. The Hall–Kier alpha value is -2.01. The fraction of sp³-hybridized carbons (Fsp3) is 0.438. The SMILES string of the molecule is COc1ccc(Cn2cncc2C2CCCN2)cc1OC. The Bertz CT molecular complexity index is 603. The second-order valence-corrected chi connectivity index (χ2v) is 5.28. The van der Waals surface area contributed by atoms with Crippen molar-refractivity contribution in [2.24, 2.45) is 0 Å². The summed E-state index contributed by atoms with van der Waals surface area (Å²) in [7, 11) is 3.31. The molecule has 0 aliphatic carbocycles. The number of nitrogens with zero attached hydrogens (tertiary/aromatic N) is 2. The van der Waals surface area contributed by atoms with Crippen molar-refractivity contribution in [2.45, 2.75) is 25.4 Å². The molecule has 2 aromatic rings. The molecule has 1 saturated heterocycles. The van der Waals surface area contributed by atoms with E-state index in [2.05, 4.69) is 20.9 Å². The summed E-state index contributed by atoms with van der Waals surface area (Å²) in [5.41, 5.74) is 2.42. The van der Waals surface area contributed by atoms with Gasteiger partial charge >= 0.3 is 0 Å². The van der Waals surface area contributed by atoms with E-state index in [9.17, 15) is 0 Å². The summed E-state index contributed by atoms with van der Waals surface area (Å²) in [6, 6.07) is 6.45. The van der Waals surface area contributed by atoms with Crippen LogP contribution in [0.4, 0.5) is 0 Å². The van der Waals surface area contributed by atoms with E-state index in [0.717, 1.165) is 24.6 Å². The van der Waals surface area contributed by atoms with Crippen molar-refractivity contribution in [2.75, 3.05) is 20.8 Å². The Labute approximate surface area is 124 Å². The average molecular weight is 287 g/mol. The van der Waals surface area contributed by atoms with Crippen LogP contribution in [0.1, 0.15) is 30.1 Å². The lowest BCUT2D eigenvalue weighted by Crippen LogP contribution is -2.17. The van der Waals surface area contributed by atoms with Gasteiger partial charge in [-0.2, -0.15) is 0 Å². The van der Waals surface area contributed by atoms with Gasteiger partial charge in [0.05, 0.1) is 26.2 Å². The molecule has 1 fully saturated rings. The molecule has 2 heterocycles. The highest BCUT2D eigenvalue weighted by Crippen LogP contribution is 2.29. The molecule has 1 atom stereocenters. The van der Waals surface area contributed by atoms with Crippen molar-refractivity contribution in [3.8, 4) is 11.5 Å². The number of rotatable bonds is 5. The first-order valence-electron chi connectivity index (χ1n) is 7.26. The molecule has 1 aromatic heterocycles. The number of hydrogen-bond donors (Lipinski definition) is 1. The maximum Gasteiger partial charge on any atom is 0.161 e. The monoisotopic (exact) mass is 287 g/mol. The zero-order valence-electron chi connectivity index (χ0n) is 12.5. The smallest absolute Gasteiger partial charge is 0.161 e. The van der Waals surface area contributed by atoms with Crippen LogP contribution in [0.25, 0.3) is 0 Å². The van der Waals surface area contributed by atoms with Gasteiger partial charge in [-0.1, -0.05) is 6.07 Å². The van der Waals surface area contributed by atoms with Crippen LogP contribution in [0.5, 0.6) is 11.5 Å². The largest absolute Gasteiger partial charge is 0.493 e. The molecule has 0 saturated carbocycles. The number of nitrogens with one attached hydrogen (secondary N) is 1. The molecule has 3 rings (SSSR count). The normalized spacial score (nSPS) is 17.9. The minimum Gasteiger partial charge on any atom is -0.493 e. The number of ether oxygens (including phenoxy) is 2. The molecule has 1 aliphatic heterocycles. The van der Waals surface area contributed by atoms with E-state index < -0.39 is 0 Å². The van der Waals surface area contributed by atoms with Crippen molar-refractivity contribution < 1.29 is 9.47 Å². The molecule has 1 N–H and O–H groups in total. The lowest BCUT2D eigenvalue weighted by atomic mass is 10.1. The average Bonchev–Trinajstić information content (AvgIpc) is 3.17. The Balaban J connectivity index is 1.82. The van der Waals surface area contributed by atoms with E-state index in [-0.39, 0.29) is 0 Å². The summed E-state index contributed by atoms with van der Waals surface area (Å²) in [6.07, 6.45) is 6.26. The third kappa shape index (κ3) is 2.88. The molecule has 0 spiro atoms. The van der Waals surface area contributed by atoms with Gasteiger partial charge in [0.15, 0.2) is 11.5 Å². The molecule has 1 aliphatic rings. The summed E-state index contributed by atoms with van der Waals surface area (Å²) in [4.78, 5) is 4.31. The number of hydrogen-bond acceptors (Lipinski definition) is 4. The predicted molar refractivity (Wildman–Crippen MR) is 80.9 cm³/mol. The first kappa shape index (κ1) is 13.9. The van der Waals surface area contributed by atoms with Gasteiger partial charge in [-0.15, -0.1) is 0 Å². The van der Waals surface area contributed by atoms with Gasteiger partial charge in [0.25, 0.3) is 0 Å². The fourth-order valence-electron chi connectivity index (χ4n) is 2.87. The molecule has 5 nitrogen and oxygen atoms in total. The third-order valence-corrected chi connectivity index (χ3v) is 3.96. The van der Waals surface area contributed by atoms with Crippen molar-refractivity contribution in [3.05, 3.63) is 42.0 Å². The Morgan fingerprint density at radius 2 is 2.14 bits per heavy atom. The van der Waals surface area contributed by atoms with E-state index in [1.165, 1.54) is 24.1 Å². The highest BCUT2D eigenvalue weighted by atomic mass is 16.5. The summed E-state index contributed by atoms with van der Waals surface area (Å²) in [5.74, 6) is 1.51. The van der Waals surface area contributed by atoms with Crippen molar-refractivity contribution in [1.82, 2.24) is 14.9 Å². The van der Waals surface area contributed by atoms with Crippen LogP contribution in [-0.4, -0.2) is 30.3 Å². The standard InChI is InChI=1S/C16H21N3O2/c1-20-15-6-5-12(8-16(15)21-2)10-19-11-17-9-14(19)13-4-3-7-18-13/h5-6,8-9,11,13,18H,3-4,7,10H2,1-2H3. The second kappa shape index (κ2) is 6.18. The van der Waals surface area contributed by atoms with Crippen LogP contribution in [-0.2, 0) is 6.54 Å². The number of imidazole rings is 1. The van der Waals surface area contributed by atoms with Crippen LogP contribution in [0.2, 0.25) is 0 Å². The van der Waals surface area contributed by atoms with E-state index in [1.54, 1.807) is 14.2 Å². The quantitative estimate of drug-likeness (QED) is 0.917. The molecular weight excluding hydrogens is 266 g/mol.